The first-order valence-electron chi connectivity index (χ1n) is 8.30. The minimum atomic E-state index is -2.15. The van der Waals surface area contributed by atoms with Crippen LogP contribution in [0.25, 0.3) is 0 Å². The lowest BCUT2D eigenvalue weighted by Crippen LogP contribution is -2.60. The maximum Gasteiger partial charge on any atom is 0.265 e. The highest BCUT2D eigenvalue weighted by Gasteiger charge is 2.78. The second-order valence-electron chi connectivity index (χ2n) is 7.48. The predicted octanol–water partition coefficient (Wildman–Crippen LogP) is 0.917. The Morgan fingerprint density at radius 2 is 2.00 bits per heavy atom. The van der Waals surface area contributed by atoms with Crippen molar-refractivity contribution in [1.29, 1.82) is 0 Å². The van der Waals surface area contributed by atoms with Gasteiger partial charge < -0.3 is 19.9 Å². The lowest BCUT2D eigenvalue weighted by atomic mass is 9.82. The number of nitrogens with one attached hydrogen (secondary N) is 1. The van der Waals surface area contributed by atoms with Gasteiger partial charge in [-0.1, -0.05) is 44.2 Å². The van der Waals surface area contributed by atoms with Crippen molar-refractivity contribution < 1.29 is 24.2 Å². The molecule has 3 saturated heterocycles. The van der Waals surface area contributed by atoms with Gasteiger partial charge >= 0.3 is 0 Å². The van der Waals surface area contributed by atoms with Crippen LogP contribution in [0.1, 0.15) is 32.3 Å². The summed E-state index contributed by atoms with van der Waals surface area (Å²) in [5.41, 5.74) is -2.33. The van der Waals surface area contributed by atoms with E-state index >= 15 is 0 Å². The van der Waals surface area contributed by atoms with Crippen molar-refractivity contribution in [1.82, 2.24) is 5.32 Å². The highest BCUT2D eigenvalue weighted by molar-refractivity contribution is 6.13. The summed E-state index contributed by atoms with van der Waals surface area (Å²) >= 11 is 0. The minimum Gasteiger partial charge on any atom is -0.371 e. The van der Waals surface area contributed by atoms with Crippen LogP contribution >= 0.6 is 0 Å². The van der Waals surface area contributed by atoms with Gasteiger partial charge in [-0.15, -0.1) is 0 Å². The lowest BCUT2D eigenvalue weighted by molar-refractivity contribution is -0.231. The Morgan fingerprint density at radius 1 is 1.29 bits per heavy atom. The summed E-state index contributed by atoms with van der Waals surface area (Å²) in [5, 5.41) is 13.5. The van der Waals surface area contributed by atoms with Gasteiger partial charge in [0.25, 0.3) is 5.91 Å². The van der Waals surface area contributed by atoms with Crippen LogP contribution in [0.3, 0.4) is 0 Å². The fraction of sp³-hybridized carbons (Fsp3) is 0.556. The molecule has 4 atom stereocenters. The number of ketones is 1. The standard InChI is InChI=1S/C18H21NO5/c1-11(2)8-17-14-18(22,15(21)19-17)13(20)10-16(23-14,24-17)9-12-6-4-3-5-7-12/h3-7,11,14,22H,8-10H2,1-2H3,(H,19,21). The molecule has 2 N–H and O–H groups in total. The summed E-state index contributed by atoms with van der Waals surface area (Å²) in [6.45, 7) is 3.99. The maximum atomic E-state index is 12.6. The highest BCUT2D eigenvalue weighted by atomic mass is 16.8. The van der Waals surface area contributed by atoms with Gasteiger partial charge in [-0.3, -0.25) is 9.59 Å². The highest BCUT2D eigenvalue weighted by Crippen LogP contribution is 2.54. The fourth-order valence-electron chi connectivity index (χ4n) is 4.22. The molecule has 3 aliphatic heterocycles. The van der Waals surface area contributed by atoms with E-state index in [1.165, 1.54) is 0 Å². The molecular formula is C18H21NO5. The number of amides is 1. The number of rotatable bonds is 4. The SMILES string of the molecule is CC(C)CC12NC(=O)C3(O)C(=O)CC(Cc4ccccc4)(OC13)O2. The molecule has 0 saturated carbocycles. The zero-order valence-corrected chi connectivity index (χ0v) is 13.7. The fourth-order valence-corrected chi connectivity index (χ4v) is 4.22. The summed E-state index contributed by atoms with van der Waals surface area (Å²) in [4.78, 5) is 24.9. The minimum absolute atomic E-state index is 0.137. The van der Waals surface area contributed by atoms with E-state index in [1.807, 2.05) is 44.2 Å². The number of fused-ring (bicyclic) bond motifs is 1. The molecule has 128 valence electrons. The van der Waals surface area contributed by atoms with E-state index in [2.05, 4.69) is 5.32 Å². The first-order chi connectivity index (χ1) is 11.3. The number of hydrogen-bond donors (Lipinski definition) is 2. The summed E-state index contributed by atoms with van der Waals surface area (Å²) in [6, 6.07) is 9.61. The number of aliphatic hydroxyl groups is 1. The van der Waals surface area contributed by atoms with Crippen LogP contribution in [-0.4, -0.2) is 40.0 Å². The average molecular weight is 331 g/mol. The molecule has 1 aromatic rings. The molecule has 1 amide bonds. The van der Waals surface area contributed by atoms with Crippen molar-refractivity contribution in [2.45, 2.75) is 56.3 Å². The van der Waals surface area contributed by atoms with Crippen molar-refractivity contribution in [3.05, 3.63) is 35.9 Å². The van der Waals surface area contributed by atoms with Crippen LogP contribution in [0.4, 0.5) is 0 Å². The van der Waals surface area contributed by atoms with Crippen molar-refractivity contribution in [3.8, 4) is 0 Å². The van der Waals surface area contributed by atoms with Crippen molar-refractivity contribution >= 4 is 11.7 Å². The van der Waals surface area contributed by atoms with E-state index in [0.717, 1.165) is 5.56 Å². The van der Waals surface area contributed by atoms with Crippen LogP contribution < -0.4 is 5.32 Å². The predicted molar refractivity (Wildman–Crippen MR) is 83.7 cm³/mol. The molecule has 3 fully saturated rings. The summed E-state index contributed by atoms with van der Waals surface area (Å²) in [5.74, 6) is -2.20. The largest absolute Gasteiger partial charge is 0.371 e. The Morgan fingerprint density at radius 3 is 2.67 bits per heavy atom. The van der Waals surface area contributed by atoms with Gasteiger partial charge in [0.2, 0.25) is 5.60 Å². The summed E-state index contributed by atoms with van der Waals surface area (Å²) in [7, 11) is 0. The monoisotopic (exact) mass is 331 g/mol. The number of carbonyl (C=O) groups excluding carboxylic acids is 2. The molecule has 4 unspecified atom stereocenters. The Labute approximate surface area is 140 Å². The Bertz CT molecular complexity index is 705. The lowest BCUT2D eigenvalue weighted by Gasteiger charge is -2.37. The number of carbonyl (C=O) groups is 2. The molecule has 6 nitrogen and oxygen atoms in total. The van der Waals surface area contributed by atoms with Gasteiger partial charge in [-0.2, -0.15) is 0 Å². The van der Waals surface area contributed by atoms with E-state index in [9.17, 15) is 14.7 Å². The van der Waals surface area contributed by atoms with Gasteiger partial charge in [-0.05, 0) is 11.5 Å². The van der Waals surface area contributed by atoms with Crippen LogP contribution in [0.2, 0.25) is 0 Å². The third-order valence-electron chi connectivity index (χ3n) is 5.06. The molecule has 6 heteroatoms. The number of hydrogen-bond acceptors (Lipinski definition) is 5. The normalized spacial score (nSPS) is 40.2. The van der Waals surface area contributed by atoms with Crippen molar-refractivity contribution in [3.63, 3.8) is 0 Å². The van der Waals surface area contributed by atoms with Crippen LogP contribution in [0.5, 0.6) is 0 Å². The molecule has 0 spiro atoms. The van der Waals surface area contributed by atoms with Gasteiger partial charge in [-0.25, -0.2) is 0 Å². The molecule has 0 aromatic heterocycles. The molecule has 0 radical (unpaired) electrons. The molecule has 3 heterocycles. The van der Waals surface area contributed by atoms with Crippen LogP contribution in [-0.2, 0) is 25.5 Å². The third-order valence-corrected chi connectivity index (χ3v) is 5.06. The van der Waals surface area contributed by atoms with Gasteiger partial charge in [0.1, 0.15) is 0 Å². The quantitative estimate of drug-likeness (QED) is 0.802. The number of ether oxygens (including phenoxy) is 2. The van der Waals surface area contributed by atoms with Gasteiger partial charge in [0.05, 0.1) is 6.42 Å². The Kier molecular flexibility index (Phi) is 3.20. The third kappa shape index (κ3) is 2.00. The smallest absolute Gasteiger partial charge is 0.265 e. The zero-order chi connectivity index (χ0) is 17.2. The summed E-state index contributed by atoms with van der Waals surface area (Å²) in [6.07, 6.45) is -0.288. The van der Waals surface area contributed by atoms with Gasteiger partial charge in [0.15, 0.2) is 23.4 Å². The van der Waals surface area contributed by atoms with Crippen LogP contribution in [0.15, 0.2) is 30.3 Å². The maximum absolute atomic E-state index is 12.6. The molecule has 1 aromatic carbocycles. The topological polar surface area (TPSA) is 84.9 Å². The van der Waals surface area contributed by atoms with Gasteiger partial charge in [0, 0.05) is 12.8 Å². The van der Waals surface area contributed by atoms with E-state index in [-0.39, 0.29) is 12.3 Å². The first kappa shape index (κ1) is 15.7. The van der Waals surface area contributed by atoms with E-state index < -0.39 is 34.9 Å². The second kappa shape index (κ2) is 4.88. The summed E-state index contributed by atoms with van der Waals surface area (Å²) < 4.78 is 12.3. The van der Waals surface area contributed by atoms with E-state index in [0.29, 0.717) is 12.8 Å². The molecule has 0 aliphatic carbocycles. The average Bonchev–Trinajstić information content (AvgIpc) is 2.86. The van der Waals surface area contributed by atoms with Crippen molar-refractivity contribution in [2.75, 3.05) is 0 Å². The second-order valence-corrected chi connectivity index (χ2v) is 7.48. The number of Topliss-reactive ketones (excluding diaryl/α,β-unsaturated/α-hetero) is 1. The van der Waals surface area contributed by atoms with Crippen molar-refractivity contribution in [2.24, 2.45) is 5.92 Å². The van der Waals surface area contributed by atoms with E-state index in [1.54, 1.807) is 0 Å². The molecule has 2 bridgehead atoms. The molecule has 4 rings (SSSR count). The molecule has 3 aliphatic rings. The van der Waals surface area contributed by atoms with E-state index in [4.69, 9.17) is 9.47 Å². The molecule has 24 heavy (non-hydrogen) atoms. The molecular weight excluding hydrogens is 310 g/mol. The Balaban J connectivity index is 1.74. The first-order valence-corrected chi connectivity index (χ1v) is 8.30. The Hall–Kier alpha value is -1.76. The van der Waals surface area contributed by atoms with Crippen LogP contribution in [0, 0.1) is 5.92 Å². The number of benzene rings is 1. The zero-order valence-electron chi connectivity index (χ0n) is 13.7.